The van der Waals surface area contributed by atoms with Gasteiger partial charge in [-0.1, -0.05) is 13.0 Å². The number of nitrogens with one attached hydrogen (secondary N) is 2. The molecule has 2 heterocycles. The number of anilines is 4. The first-order chi connectivity index (χ1) is 14.0. The van der Waals surface area contributed by atoms with Crippen LogP contribution in [0.5, 0.6) is 0 Å². The van der Waals surface area contributed by atoms with Crippen molar-refractivity contribution < 1.29 is 0 Å². The highest BCUT2D eigenvalue weighted by Crippen LogP contribution is 2.27. The van der Waals surface area contributed by atoms with Crippen molar-refractivity contribution >= 4 is 28.7 Å². The number of aryl methyl sites for hydroxylation is 1. The van der Waals surface area contributed by atoms with Gasteiger partial charge >= 0.3 is 0 Å². The van der Waals surface area contributed by atoms with E-state index in [-0.39, 0.29) is 0 Å². The second-order valence-electron chi connectivity index (χ2n) is 8.15. The van der Waals surface area contributed by atoms with Crippen molar-refractivity contribution in [1.29, 1.82) is 0 Å². The van der Waals surface area contributed by atoms with Gasteiger partial charge in [0.05, 0.1) is 6.20 Å². The lowest BCUT2D eigenvalue weighted by Crippen LogP contribution is -2.36. The summed E-state index contributed by atoms with van der Waals surface area (Å²) in [5.41, 5.74) is 9.64. The van der Waals surface area contributed by atoms with Crippen molar-refractivity contribution in [2.45, 2.75) is 51.1 Å². The minimum absolute atomic E-state index is 0.453. The van der Waals surface area contributed by atoms with Crippen LogP contribution in [0.15, 0.2) is 36.5 Å². The fraction of sp³-hybridized carbons (Fsp3) is 0.455. The van der Waals surface area contributed by atoms with E-state index in [1.165, 1.54) is 12.8 Å². The van der Waals surface area contributed by atoms with Crippen molar-refractivity contribution in [1.82, 2.24) is 19.5 Å². The molecule has 1 aromatic carbocycles. The number of nitrogens with two attached hydrogens (primary N) is 1. The third-order valence-corrected chi connectivity index (χ3v) is 5.86. The summed E-state index contributed by atoms with van der Waals surface area (Å²) >= 11 is 0. The van der Waals surface area contributed by atoms with Crippen molar-refractivity contribution in [3.63, 3.8) is 0 Å². The number of aromatic nitrogens is 3. The van der Waals surface area contributed by atoms with Crippen LogP contribution in [0, 0.1) is 0 Å². The molecule has 1 saturated carbocycles. The van der Waals surface area contributed by atoms with Crippen LogP contribution in [0.3, 0.4) is 0 Å². The highest BCUT2D eigenvalue weighted by molar-refractivity contribution is 5.67. The van der Waals surface area contributed by atoms with Crippen LogP contribution in [0.4, 0.5) is 23.0 Å². The van der Waals surface area contributed by atoms with E-state index in [0.717, 1.165) is 53.5 Å². The second kappa shape index (κ2) is 8.29. The van der Waals surface area contributed by atoms with E-state index >= 15 is 0 Å². The summed E-state index contributed by atoms with van der Waals surface area (Å²) in [5, 5.41) is 11.7. The molecule has 0 bridgehead atoms. The van der Waals surface area contributed by atoms with Gasteiger partial charge in [-0.15, -0.1) is 0 Å². The SMILES string of the molecule is CCc1cnn2c(Nc3cccc(N)c3)cc(NC3CCC(N(C)C)CC3)nc12. The lowest BCUT2D eigenvalue weighted by atomic mass is 9.90. The number of benzene rings is 1. The number of fused-ring (bicyclic) bond motifs is 1. The average molecular weight is 394 g/mol. The Morgan fingerprint density at radius 2 is 1.97 bits per heavy atom. The third kappa shape index (κ3) is 4.29. The molecular formula is C22H31N7. The highest BCUT2D eigenvalue weighted by atomic mass is 15.3. The van der Waals surface area contributed by atoms with E-state index in [1.807, 2.05) is 41.0 Å². The van der Waals surface area contributed by atoms with E-state index in [9.17, 15) is 0 Å². The molecule has 29 heavy (non-hydrogen) atoms. The Bertz CT molecular complexity index is 970. The Kier molecular flexibility index (Phi) is 5.58. The maximum Gasteiger partial charge on any atom is 0.162 e. The van der Waals surface area contributed by atoms with Gasteiger partial charge in [0.1, 0.15) is 11.6 Å². The fourth-order valence-electron chi connectivity index (χ4n) is 4.13. The van der Waals surface area contributed by atoms with Crippen LogP contribution in [0.2, 0.25) is 0 Å². The number of nitrogen functional groups attached to an aromatic ring is 1. The highest BCUT2D eigenvalue weighted by Gasteiger charge is 2.23. The topological polar surface area (TPSA) is 83.5 Å². The molecule has 4 rings (SSSR count). The Balaban J connectivity index is 1.61. The number of rotatable bonds is 6. The summed E-state index contributed by atoms with van der Waals surface area (Å²) in [5.74, 6) is 1.78. The first kappa shape index (κ1) is 19.5. The summed E-state index contributed by atoms with van der Waals surface area (Å²) in [6, 6.07) is 10.9. The summed E-state index contributed by atoms with van der Waals surface area (Å²) < 4.78 is 1.87. The third-order valence-electron chi connectivity index (χ3n) is 5.86. The predicted octanol–water partition coefficient (Wildman–Crippen LogP) is 3.90. The van der Waals surface area contributed by atoms with Gasteiger partial charge in [-0.25, -0.2) is 4.98 Å². The number of hydrogen-bond donors (Lipinski definition) is 3. The van der Waals surface area contributed by atoms with E-state index < -0.39 is 0 Å². The first-order valence-electron chi connectivity index (χ1n) is 10.5. The monoisotopic (exact) mass is 393 g/mol. The van der Waals surface area contributed by atoms with Crippen molar-refractivity contribution in [3.8, 4) is 0 Å². The van der Waals surface area contributed by atoms with Crippen molar-refractivity contribution in [2.75, 3.05) is 30.5 Å². The molecule has 4 N–H and O–H groups in total. The van der Waals surface area contributed by atoms with Gasteiger partial charge in [-0.2, -0.15) is 9.61 Å². The number of hydrogen-bond acceptors (Lipinski definition) is 6. The Labute approximate surface area is 172 Å². The average Bonchev–Trinajstić information content (AvgIpc) is 3.12. The van der Waals surface area contributed by atoms with Gasteiger partial charge in [0.15, 0.2) is 5.65 Å². The predicted molar refractivity (Wildman–Crippen MR) is 120 cm³/mol. The maximum atomic E-state index is 5.95. The van der Waals surface area contributed by atoms with Gasteiger partial charge in [0.2, 0.25) is 0 Å². The van der Waals surface area contributed by atoms with Crippen LogP contribution in [0.25, 0.3) is 5.65 Å². The lowest BCUT2D eigenvalue weighted by molar-refractivity contribution is 0.221. The van der Waals surface area contributed by atoms with E-state index in [2.05, 4.69) is 41.7 Å². The maximum absolute atomic E-state index is 5.95. The van der Waals surface area contributed by atoms with Gasteiger partial charge in [0.25, 0.3) is 0 Å². The van der Waals surface area contributed by atoms with Crippen LogP contribution >= 0.6 is 0 Å². The normalized spacial score (nSPS) is 19.6. The number of nitrogens with zero attached hydrogens (tertiary/aromatic N) is 4. The molecule has 7 heteroatoms. The molecule has 1 fully saturated rings. The summed E-state index contributed by atoms with van der Waals surface area (Å²) in [6.45, 7) is 2.13. The minimum Gasteiger partial charge on any atom is -0.399 e. The Morgan fingerprint density at radius 1 is 1.17 bits per heavy atom. The van der Waals surface area contributed by atoms with Gasteiger partial charge < -0.3 is 21.3 Å². The van der Waals surface area contributed by atoms with Gasteiger partial charge in [0, 0.05) is 35.1 Å². The van der Waals surface area contributed by atoms with Crippen molar-refractivity contribution in [2.24, 2.45) is 0 Å². The molecule has 1 aliphatic rings. The van der Waals surface area contributed by atoms with Crippen LogP contribution in [0.1, 0.15) is 38.2 Å². The largest absolute Gasteiger partial charge is 0.399 e. The van der Waals surface area contributed by atoms with Gasteiger partial charge in [-0.3, -0.25) is 0 Å². The molecule has 0 atom stereocenters. The molecule has 0 spiro atoms. The molecule has 1 aliphatic carbocycles. The smallest absolute Gasteiger partial charge is 0.162 e. The molecule has 154 valence electrons. The van der Waals surface area contributed by atoms with Crippen LogP contribution in [-0.2, 0) is 6.42 Å². The fourth-order valence-corrected chi connectivity index (χ4v) is 4.13. The van der Waals surface area contributed by atoms with Gasteiger partial charge in [-0.05, 0) is 64.4 Å². The summed E-state index contributed by atoms with van der Waals surface area (Å²) in [6.07, 6.45) is 7.55. The molecule has 7 nitrogen and oxygen atoms in total. The quantitative estimate of drug-likeness (QED) is 0.551. The molecule has 3 aromatic rings. The van der Waals surface area contributed by atoms with E-state index in [1.54, 1.807) is 0 Å². The van der Waals surface area contributed by atoms with Crippen molar-refractivity contribution in [3.05, 3.63) is 42.1 Å². The summed E-state index contributed by atoms with van der Waals surface area (Å²) in [7, 11) is 4.35. The van der Waals surface area contributed by atoms with E-state index in [0.29, 0.717) is 12.1 Å². The Morgan fingerprint density at radius 3 is 2.66 bits per heavy atom. The zero-order valence-electron chi connectivity index (χ0n) is 17.5. The van der Waals surface area contributed by atoms with Crippen LogP contribution < -0.4 is 16.4 Å². The zero-order valence-corrected chi connectivity index (χ0v) is 17.5. The van der Waals surface area contributed by atoms with Crippen LogP contribution in [-0.4, -0.2) is 45.7 Å². The lowest BCUT2D eigenvalue weighted by Gasteiger charge is -2.33. The standard InChI is InChI=1S/C22H31N7/c1-4-15-14-24-29-21(26-18-7-5-6-16(23)12-18)13-20(27-22(15)29)25-17-8-10-19(11-9-17)28(2)3/h5-7,12-14,17,19,26H,4,8-11,23H2,1-3H3,(H,25,27). The van der Waals surface area contributed by atoms with E-state index in [4.69, 9.17) is 10.7 Å². The zero-order chi connectivity index (χ0) is 20.4. The molecule has 0 radical (unpaired) electrons. The molecule has 0 saturated heterocycles. The molecule has 0 aliphatic heterocycles. The molecule has 0 unspecified atom stereocenters. The molecule has 0 amide bonds. The molecule has 2 aromatic heterocycles. The Hall–Kier alpha value is -2.80. The summed E-state index contributed by atoms with van der Waals surface area (Å²) in [4.78, 5) is 7.23. The minimum atomic E-state index is 0.453. The second-order valence-corrected chi connectivity index (χ2v) is 8.15. The molecular weight excluding hydrogens is 362 g/mol. The first-order valence-corrected chi connectivity index (χ1v) is 10.5.